The van der Waals surface area contributed by atoms with E-state index in [2.05, 4.69) is 5.32 Å². The highest BCUT2D eigenvalue weighted by Gasteiger charge is 2.44. The number of nitrogens with one attached hydrogen (secondary N) is 1. The SMILES string of the molecule is O=C(Nc1ccc(Cl)cc1)OC(CN1CCC[C@@H](c2cccc(F)c2)C1)C(F)(F)F. The molecule has 0 bridgehead atoms. The normalized spacial score (nSPS) is 18.6. The monoisotopic (exact) mass is 444 g/mol. The number of carbonyl (C=O) groups excluding carboxylic acids is 1. The Morgan fingerprint density at radius 3 is 2.63 bits per heavy atom. The summed E-state index contributed by atoms with van der Waals surface area (Å²) in [6.07, 6.45) is -6.77. The minimum Gasteiger partial charge on any atom is -0.435 e. The van der Waals surface area contributed by atoms with E-state index in [-0.39, 0.29) is 17.4 Å². The van der Waals surface area contributed by atoms with E-state index in [9.17, 15) is 22.4 Å². The molecule has 1 aliphatic heterocycles. The number of rotatable bonds is 5. The second kappa shape index (κ2) is 9.66. The molecule has 4 nitrogen and oxygen atoms in total. The number of carbonyl (C=O) groups is 1. The van der Waals surface area contributed by atoms with Gasteiger partial charge in [0.2, 0.25) is 6.10 Å². The van der Waals surface area contributed by atoms with Crippen LogP contribution >= 0.6 is 11.6 Å². The smallest absolute Gasteiger partial charge is 0.426 e. The van der Waals surface area contributed by atoms with E-state index in [1.807, 2.05) is 0 Å². The lowest BCUT2D eigenvalue weighted by molar-refractivity contribution is -0.207. The van der Waals surface area contributed by atoms with Gasteiger partial charge in [-0.2, -0.15) is 13.2 Å². The predicted octanol–water partition coefficient (Wildman–Crippen LogP) is 5.84. The van der Waals surface area contributed by atoms with Crippen LogP contribution in [0.5, 0.6) is 0 Å². The summed E-state index contributed by atoms with van der Waals surface area (Å²) in [7, 11) is 0. The summed E-state index contributed by atoms with van der Waals surface area (Å²) in [5, 5.41) is 2.70. The molecule has 162 valence electrons. The molecule has 1 saturated heterocycles. The summed E-state index contributed by atoms with van der Waals surface area (Å²) in [5.74, 6) is -0.453. The Kier molecular flexibility index (Phi) is 7.20. The number of ether oxygens (including phenoxy) is 1. The van der Waals surface area contributed by atoms with Crippen LogP contribution in [0.4, 0.5) is 28.0 Å². The van der Waals surface area contributed by atoms with E-state index < -0.39 is 24.9 Å². The molecule has 9 heteroatoms. The molecule has 0 spiro atoms. The predicted molar refractivity (Wildman–Crippen MR) is 106 cm³/mol. The minimum absolute atomic E-state index is 0.0776. The first-order chi connectivity index (χ1) is 14.2. The van der Waals surface area contributed by atoms with Crippen molar-refractivity contribution in [2.45, 2.75) is 31.0 Å². The molecule has 3 rings (SSSR count). The van der Waals surface area contributed by atoms with Crippen LogP contribution in [-0.2, 0) is 4.74 Å². The van der Waals surface area contributed by atoms with Crippen molar-refractivity contribution in [1.82, 2.24) is 4.90 Å². The molecule has 1 amide bonds. The van der Waals surface area contributed by atoms with Gasteiger partial charge in [0.25, 0.3) is 0 Å². The standard InChI is InChI=1S/C21H21ClF4N2O2/c22-16-6-8-18(9-7-16)27-20(29)30-19(21(24,25)26)13-28-10-2-4-15(12-28)14-3-1-5-17(23)11-14/h1,3,5-9,11,15,19H,2,4,10,12-13H2,(H,27,29)/t15-,19?/m1/s1. The van der Waals surface area contributed by atoms with Crippen LogP contribution < -0.4 is 5.32 Å². The molecule has 30 heavy (non-hydrogen) atoms. The van der Waals surface area contributed by atoms with Gasteiger partial charge in [-0.25, -0.2) is 9.18 Å². The van der Waals surface area contributed by atoms with Gasteiger partial charge < -0.3 is 4.74 Å². The van der Waals surface area contributed by atoms with Gasteiger partial charge in [0.1, 0.15) is 5.82 Å². The zero-order valence-electron chi connectivity index (χ0n) is 16.0. The van der Waals surface area contributed by atoms with Crippen molar-refractivity contribution in [2.75, 3.05) is 25.0 Å². The molecule has 2 aromatic rings. The highest BCUT2D eigenvalue weighted by Crippen LogP contribution is 2.30. The summed E-state index contributed by atoms with van der Waals surface area (Å²) in [6.45, 7) is 0.294. The van der Waals surface area contributed by atoms with Gasteiger partial charge in [0, 0.05) is 23.8 Å². The first-order valence-corrected chi connectivity index (χ1v) is 9.86. The third-order valence-electron chi connectivity index (χ3n) is 4.95. The highest BCUT2D eigenvalue weighted by atomic mass is 35.5. The Morgan fingerprint density at radius 2 is 1.97 bits per heavy atom. The van der Waals surface area contributed by atoms with Crippen molar-refractivity contribution in [3.05, 3.63) is 64.9 Å². The molecule has 0 aliphatic carbocycles. The van der Waals surface area contributed by atoms with E-state index in [1.165, 1.54) is 36.4 Å². The van der Waals surface area contributed by atoms with E-state index in [1.54, 1.807) is 17.0 Å². The number of alkyl halides is 3. The Labute approximate surface area is 176 Å². The van der Waals surface area contributed by atoms with Gasteiger partial charge in [-0.3, -0.25) is 10.2 Å². The Balaban J connectivity index is 1.62. The molecule has 0 aromatic heterocycles. The number of benzene rings is 2. The number of amides is 1. The lowest BCUT2D eigenvalue weighted by atomic mass is 9.90. The maximum atomic E-state index is 13.5. The molecule has 2 atom stereocenters. The Hall–Kier alpha value is -2.32. The van der Waals surface area contributed by atoms with Gasteiger partial charge >= 0.3 is 12.3 Å². The van der Waals surface area contributed by atoms with Crippen LogP contribution in [0.15, 0.2) is 48.5 Å². The van der Waals surface area contributed by atoms with E-state index in [4.69, 9.17) is 16.3 Å². The van der Waals surface area contributed by atoms with Crippen LogP contribution in [-0.4, -0.2) is 42.9 Å². The summed E-state index contributed by atoms with van der Waals surface area (Å²) in [6, 6.07) is 12.0. The van der Waals surface area contributed by atoms with Crippen molar-refractivity contribution in [1.29, 1.82) is 0 Å². The van der Waals surface area contributed by atoms with Crippen LogP contribution in [0, 0.1) is 5.82 Å². The van der Waals surface area contributed by atoms with Gasteiger partial charge in [-0.1, -0.05) is 23.7 Å². The second-order valence-electron chi connectivity index (χ2n) is 7.22. The zero-order chi connectivity index (χ0) is 21.7. The van der Waals surface area contributed by atoms with Crippen molar-refractivity contribution in [3.63, 3.8) is 0 Å². The fourth-order valence-corrected chi connectivity index (χ4v) is 3.63. The first kappa shape index (κ1) is 22.4. The number of likely N-dealkylation sites (tertiary alicyclic amines) is 1. The molecule has 0 radical (unpaired) electrons. The third-order valence-corrected chi connectivity index (χ3v) is 5.21. The molecule has 2 aromatic carbocycles. The van der Waals surface area contributed by atoms with Crippen molar-refractivity contribution < 1.29 is 27.1 Å². The number of halogens is 5. The summed E-state index contributed by atoms with van der Waals surface area (Å²) in [5.41, 5.74) is 1.03. The summed E-state index contributed by atoms with van der Waals surface area (Å²) >= 11 is 5.75. The number of hydrogen-bond acceptors (Lipinski definition) is 3. The molecule has 1 fully saturated rings. The van der Waals surface area contributed by atoms with Gasteiger partial charge in [0.05, 0.1) is 0 Å². The lowest BCUT2D eigenvalue weighted by Crippen LogP contribution is -2.47. The van der Waals surface area contributed by atoms with E-state index in [0.29, 0.717) is 24.5 Å². The number of anilines is 1. The molecule has 1 aliphatic rings. The largest absolute Gasteiger partial charge is 0.435 e. The molecule has 1 heterocycles. The van der Waals surface area contributed by atoms with Crippen molar-refractivity contribution >= 4 is 23.4 Å². The minimum atomic E-state index is -4.72. The van der Waals surface area contributed by atoms with Crippen molar-refractivity contribution in [3.8, 4) is 0 Å². The topological polar surface area (TPSA) is 41.6 Å². The molecule has 0 saturated carbocycles. The van der Waals surface area contributed by atoms with Gasteiger partial charge in [-0.15, -0.1) is 0 Å². The maximum Gasteiger partial charge on any atom is 0.426 e. The van der Waals surface area contributed by atoms with E-state index >= 15 is 0 Å². The highest BCUT2D eigenvalue weighted by molar-refractivity contribution is 6.30. The number of hydrogen-bond donors (Lipinski definition) is 1. The third kappa shape index (κ3) is 6.34. The fraction of sp³-hybridized carbons (Fsp3) is 0.381. The summed E-state index contributed by atoms with van der Waals surface area (Å²) in [4.78, 5) is 13.6. The first-order valence-electron chi connectivity index (χ1n) is 9.48. The van der Waals surface area contributed by atoms with E-state index in [0.717, 1.165) is 12.0 Å². The maximum absolute atomic E-state index is 13.5. The zero-order valence-corrected chi connectivity index (χ0v) is 16.7. The lowest BCUT2D eigenvalue weighted by Gasteiger charge is -2.35. The van der Waals surface area contributed by atoms with Gasteiger partial charge in [0.15, 0.2) is 0 Å². The van der Waals surface area contributed by atoms with Crippen molar-refractivity contribution in [2.24, 2.45) is 0 Å². The average Bonchev–Trinajstić information content (AvgIpc) is 2.69. The summed E-state index contributed by atoms with van der Waals surface area (Å²) < 4.78 is 58.7. The molecule has 1 unspecified atom stereocenters. The number of nitrogens with zero attached hydrogens (tertiary/aromatic N) is 1. The second-order valence-corrected chi connectivity index (χ2v) is 7.66. The Bertz CT molecular complexity index is 861. The van der Waals surface area contributed by atoms with Gasteiger partial charge in [-0.05, 0) is 67.3 Å². The van der Waals surface area contributed by atoms with Crippen LogP contribution in [0.3, 0.4) is 0 Å². The molecular formula is C21H21ClF4N2O2. The Morgan fingerprint density at radius 1 is 1.23 bits per heavy atom. The average molecular weight is 445 g/mol. The fourth-order valence-electron chi connectivity index (χ4n) is 3.51. The van der Waals surface area contributed by atoms with Crippen LogP contribution in [0.25, 0.3) is 0 Å². The molecule has 1 N–H and O–H groups in total. The van der Waals surface area contributed by atoms with Crippen LogP contribution in [0.2, 0.25) is 5.02 Å². The quantitative estimate of drug-likeness (QED) is 0.589. The van der Waals surface area contributed by atoms with Crippen LogP contribution in [0.1, 0.15) is 24.3 Å². The molecular weight excluding hydrogens is 424 g/mol. The number of piperidine rings is 1.